The first-order valence-corrected chi connectivity index (χ1v) is 11.7. The lowest BCUT2D eigenvalue weighted by atomic mass is 10.1. The Morgan fingerprint density at radius 1 is 0.917 bits per heavy atom. The molecule has 9 heteroatoms. The van der Waals surface area contributed by atoms with E-state index in [1.165, 1.54) is 6.07 Å². The third-order valence-electron chi connectivity index (χ3n) is 6.68. The van der Waals surface area contributed by atoms with Crippen LogP contribution < -0.4 is 16.2 Å². The van der Waals surface area contributed by atoms with Crippen LogP contribution in [0.2, 0.25) is 0 Å². The summed E-state index contributed by atoms with van der Waals surface area (Å²) in [5, 5.41) is 0.648. The summed E-state index contributed by atoms with van der Waals surface area (Å²) < 4.78 is 14.1. The van der Waals surface area contributed by atoms with E-state index in [0.717, 1.165) is 0 Å². The SMILES string of the molecule is Nc1c(-c2nc3ccccc3[nH]c2=O)[nH]c2ccc(C(=O)N3CCN(c4ccccc4F)CC3)cc12. The number of rotatable bonds is 3. The number of nitrogens with two attached hydrogens (primary N) is 1. The highest BCUT2D eigenvalue weighted by Gasteiger charge is 2.24. The normalized spacial score (nSPS) is 14.0. The van der Waals surface area contributed by atoms with E-state index < -0.39 is 0 Å². The second-order valence-corrected chi connectivity index (χ2v) is 8.84. The van der Waals surface area contributed by atoms with Gasteiger partial charge in [0.15, 0.2) is 5.69 Å². The minimum Gasteiger partial charge on any atom is -0.396 e. The topological polar surface area (TPSA) is 111 Å². The number of hydrogen-bond donors (Lipinski definition) is 3. The van der Waals surface area contributed by atoms with Crippen molar-refractivity contribution >= 4 is 39.2 Å². The number of fused-ring (bicyclic) bond motifs is 2. The zero-order chi connectivity index (χ0) is 24.8. The number of amides is 1. The highest BCUT2D eigenvalue weighted by atomic mass is 19.1. The maximum absolute atomic E-state index is 14.1. The Balaban J connectivity index is 1.27. The van der Waals surface area contributed by atoms with Crippen molar-refractivity contribution < 1.29 is 9.18 Å². The predicted octanol–water partition coefficient (Wildman–Crippen LogP) is 3.76. The lowest BCUT2D eigenvalue weighted by molar-refractivity contribution is 0.0747. The molecule has 1 amide bonds. The second-order valence-electron chi connectivity index (χ2n) is 8.84. The van der Waals surface area contributed by atoms with Crippen LogP contribution in [0, 0.1) is 5.82 Å². The van der Waals surface area contributed by atoms with Crippen molar-refractivity contribution in [2.24, 2.45) is 0 Å². The molecular formula is C27H23FN6O2. The smallest absolute Gasteiger partial charge is 0.276 e. The van der Waals surface area contributed by atoms with Gasteiger partial charge >= 0.3 is 0 Å². The van der Waals surface area contributed by atoms with Crippen LogP contribution in [0.5, 0.6) is 0 Å². The molecule has 3 aromatic carbocycles. The fraction of sp³-hybridized carbons (Fsp3) is 0.148. The highest BCUT2D eigenvalue weighted by Crippen LogP contribution is 2.32. The zero-order valence-electron chi connectivity index (χ0n) is 19.3. The largest absolute Gasteiger partial charge is 0.396 e. The summed E-state index contributed by atoms with van der Waals surface area (Å²) in [6.07, 6.45) is 0. The lowest BCUT2D eigenvalue weighted by Gasteiger charge is -2.36. The first-order valence-electron chi connectivity index (χ1n) is 11.7. The summed E-state index contributed by atoms with van der Waals surface area (Å²) >= 11 is 0. The van der Waals surface area contributed by atoms with Crippen molar-refractivity contribution in [3.63, 3.8) is 0 Å². The zero-order valence-corrected chi connectivity index (χ0v) is 19.3. The number of H-pyrrole nitrogens is 2. The van der Waals surface area contributed by atoms with E-state index in [4.69, 9.17) is 5.73 Å². The molecule has 36 heavy (non-hydrogen) atoms. The van der Waals surface area contributed by atoms with Gasteiger partial charge in [0.25, 0.3) is 11.5 Å². The molecule has 0 spiro atoms. The van der Waals surface area contributed by atoms with E-state index in [1.54, 1.807) is 41.3 Å². The van der Waals surface area contributed by atoms with Crippen LogP contribution in [0.4, 0.5) is 15.8 Å². The molecule has 4 N–H and O–H groups in total. The Morgan fingerprint density at radius 3 is 2.47 bits per heavy atom. The fourth-order valence-electron chi connectivity index (χ4n) is 4.77. The fourth-order valence-corrected chi connectivity index (χ4v) is 4.77. The number of anilines is 2. The molecule has 3 heterocycles. The Bertz CT molecular complexity index is 1680. The number of aromatic amines is 2. The standard InChI is InChI=1S/C27H23FN6O2/c28-18-5-1-4-8-22(18)33-11-13-34(14-12-33)27(36)16-9-10-19-17(15-16)23(29)24(30-19)25-26(35)32-21-7-3-2-6-20(21)31-25/h1-10,15,30H,11-14,29H2,(H,32,35). The number of nitrogens with one attached hydrogen (secondary N) is 2. The van der Waals surface area contributed by atoms with Crippen molar-refractivity contribution in [3.8, 4) is 11.4 Å². The van der Waals surface area contributed by atoms with Crippen molar-refractivity contribution in [1.29, 1.82) is 0 Å². The number of benzene rings is 3. The third-order valence-corrected chi connectivity index (χ3v) is 6.68. The molecule has 0 unspecified atom stereocenters. The number of nitrogen functional groups attached to an aromatic ring is 1. The van der Waals surface area contributed by atoms with Gasteiger partial charge < -0.3 is 25.5 Å². The van der Waals surface area contributed by atoms with Crippen LogP contribution in [-0.2, 0) is 0 Å². The summed E-state index contributed by atoms with van der Waals surface area (Å²) in [6, 6.07) is 19.2. The number of carbonyl (C=O) groups is 1. The van der Waals surface area contributed by atoms with E-state index in [0.29, 0.717) is 70.7 Å². The molecule has 0 radical (unpaired) electrons. The summed E-state index contributed by atoms with van der Waals surface area (Å²) in [7, 11) is 0. The molecule has 0 atom stereocenters. The molecule has 5 aromatic rings. The Hall–Kier alpha value is -4.66. The summed E-state index contributed by atoms with van der Waals surface area (Å²) in [6.45, 7) is 2.05. The van der Waals surface area contributed by atoms with E-state index in [1.807, 2.05) is 29.2 Å². The van der Waals surface area contributed by atoms with Gasteiger partial charge in [0.2, 0.25) is 0 Å². The summed E-state index contributed by atoms with van der Waals surface area (Å²) in [4.78, 5) is 40.2. The molecule has 1 aliphatic heterocycles. The molecule has 2 aromatic heterocycles. The second kappa shape index (κ2) is 8.53. The molecule has 1 saturated heterocycles. The Morgan fingerprint density at radius 2 is 1.67 bits per heavy atom. The van der Waals surface area contributed by atoms with Crippen LogP contribution in [0.3, 0.4) is 0 Å². The number of piperazine rings is 1. The maximum Gasteiger partial charge on any atom is 0.276 e. The van der Waals surface area contributed by atoms with Crippen LogP contribution in [-0.4, -0.2) is 51.9 Å². The highest BCUT2D eigenvalue weighted by molar-refractivity contribution is 6.04. The van der Waals surface area contributed by atoms with Gasteiger partial charge in [0.05, 0.1) is 28.1 Å². The number of nitrogens with zero attached hydrogens (tertiary/aromatic N) is 3. The summed E-state index contributed by atoms with van der Waals surface area (Å²) in [5.41, 5.74) is 10.1. The average molecular weight is 483 g/mol. The third kappa shape index (κ3) is 3.65. The lowest BCUT2D eigenvalue weighted by Crippen LogP contribution is -2.49. The van der Waals surface area contributed by atoms with E-state index in [9.17, 15) is 14.0 Å². The summed E-state index contributed by atoms with van der Waals surface area (Å²) in [5.74, 6) is -0.380. The van der Waals surface area contributed by atoms with E-state index in [-0.39, 0.29) is 23.0 Å². The Labute approximate surface area is 205 Å². The van der Waals surface area contributed by atoms with Crippen molar-refractivity contribution in [2.75, 3.05) is 36.8 Å². The van der Waals surface area contributed by atoms with Crippen LogP contribution in [0.25, 0.3) is 33.3 Å². The van der Waals surface area contributed by atoms with Gasteiger partial charge in [-0.2, -0.15) is 0 Å². The van der Waals surface area contributed by atoms with Gasteiger partial charge in [0.1, 0.15) is 5.82 Å². The molecule has 0 bridgehead atoms. The van der Waals surface area contributed by atoms with Crippen molar-refractivity contribution in [2.45, 2.75) is 0 Å². The predicted molar refractivity (Wildman–Crippen MR) is 139 cm³/mol. The van der Waals surface area contributed by atoms with Gasteiger partial charge in [-0.15, -0.1) is 0 Å². The number of halogens is 1. The maximum atomic E-state index is 14.1. The van der Waals surface area contributed by atoms with Gasteiger partial charge in [-0.25, -0.2) is 9.37 Å². The minimum absolute atomic E-state index is 0.117. The first kappa shape index (κ1) is 21.8. The number of aromatic nitrogens is 3. The molecule has 1 aliphatic rings. The quantitative estimate of drug-likeness (QED) is 0.363. The number of para-hydroxylation sites is 3. The minimum atomic E-state index is -0.351. The first-order chi connectivity index (χ1) is 17.5. The van der Waals surface area contributed by atoms with Crippen LogP contribution >= 0.6 is 0 Å². The van der Waals surface area contributed by atoms with Gasteiger partial charge in [0, 0.05) is 42.6 Å². The van der Waals surface area contributed by atoms with Crippen molar-refractivity contribution in [1.82, 2.24) is 19.9 Å². The number of hydrogen-bond acceptors (Lipinski definition) is 5. The number of carbonyl (C=O) groups excluding carboxylic acids is 1. The average Bonchev–Trinajstić information content (AvgIpc) is 3.23. The molecule has 8 nitrogen and oxygen atoms in total. The van der Waals surface area contributed by atoms with Gasteiger partial charge in [-0.1, -0.05) is 24.3 Å². The van der Waals surface area contributed by atoms with Crippen molar-refractivity contribution in [3.05, 3.63) is 88.5 Å². The van der Waals surface area contributed by atoms with Crippen LogP contribution in [0.1, 0.15) is 10.4 Å². The molecule has 1 fully saturated rings. The molecular weight excluding hydrogens is 459 g/mol. The molecule has 0 aliphatic carbocycles. The van der Waals surface area contributed by atoms with E-state index >= 15 is 0 Å². The molecule has 0 saturated carbocycles. The van der Waals surface area contributed by atoms with Crippen LogP contribution in [0.15, 0.2) is 71.5 Å². The van der Waals surface area contributed by atoms with Gasteiger partial charge in [-0.3, -0.25) is 9.59 Å². The van der Waals surface area contributed by atoms with Gasteiger partial charge in [-0.05, 0) is 42.5 Å². The Kier molecular flexibility index (Phi) is 5.18. The molecule has 6 rings (SSSR count). The molecule has 180 valence electrons. The van der Waals surface area contributed by atoms with E-state index in [2.05, 4.69) is 15.0 Å². The monoisotopic (exact) mass is 482 g/mol.